The molecule has 2 rings (SSSR count). The summed E-state index contributed by atoms with van der Waals surface area (Å²) >= 11 is 0. The minimum absolute atomic E-state index is 0.148. The van der Waals surface area contributed by atoms with Gasteiger partial charge in [0.15, 0.2) is 9.84 Å². The number of rotatable bonds is 7. The third-order valence-corrected chi connectivity index (χ3v) is 4.64. The molecule has 0 radical (unpaired) electrons. The number of nitrogens with zero attached hydrogens (tertiary/aromatic N) is 3. The molecule has 0 saturated heterocycles. The van der Waals surface area contributed by atoms with E-state index in [1.54, 1.807) is 6.20 Å². The zero-order valence-electron chi connectivity index (χ0n) is 12.9. The van der Waals surface area contributed by atoms with E-state index >= 15 is 0 Å². The van der Waals surface area contributed by atoms with Crippen LogP contribution in [-0.2, 0) is 27.6 Å². The van der Waals surface area contributed by atoms with Gasteiger partial charge in [-0.2, -0.15) is 0 Å². The fourth-order valence-electron chi connectivity index (χ4n) is 2.44. The van der Waals surface area contributed by atoms with Crippen molar-refractivity contribution in [2.45, 2.75) is 39.7 Å². The van der Waals surface area contributed by atoms with Crippen LogP contribution in [0, 0.1) is 0 Å². The zero-order valence-corrected chi connectivity index (χ0v) is 13.7. The molecule has 6 nitrogen and oxygen atoms in total. The Balaban J connectivity index is 1.89. The number of imidazole rings is 1. The van der Waals surface area contributed by atoms with E-state index in [-0.39, 0.29) is 5.91 Å². The third kappa shape index (κ3) is 4.07. The molecule has 0 unspecified atom stereocenters. The highest BCUT2D eigenvalue weighted by atomic mass is 32.2. The van der Waals surface area contributed by atoms with Gasteiger partial charge < -0.3 is 9.47 Å². The first-order chi connectivity index (χ1) is 10.4. The largest absolute Gasteiger partial charge is 0.335 e. The number of hydrogen-bond acceptors (Lipinski definition) is 4. The second-order valence-corrected chi connectivity index (χ2v) is 6.89. The number of amides is 1. The lowest BCUT2D eigenvalue weighted by Crippen LogP contribution is -2.28. The van der Waals surface area contributed by atoms with Crippen LogP contribution in [0.4, 0.5) is 0 Å². The molecule has 2 heterocycles. The Morgan fingerprint density at radius 2 is 2.14 bits per heavy atom. The standard InChI is InChI=1S/C15H21N3O3S/c1-3-15-16-7-10-17(15)8-4-5-9-18(13(2)19)14-6-11-22(20,21)12-14/h6-7,10-12H,3-5,8-9H2,1-2H3. The summed E-state index contributed by atoms with van der Waals surface area (Å²) < 4.78 is 24.9. The van der Waals surface area contributed by atoms with E-state index in [0.29, 0.717) is 12.2 Å². The molecule has 0 N–H and O–H groups in total. The lowest BCUT2D eigenvalue weighted by molar-refractivity contribution is -0.126. The average Bonchev–Trinajstić information content (AvgIpc) is 3.04. The minimum atomic E-state index is -3.30. The van der Waals surface area contributed by atoms with Crippen LogP contribution in [0.15, 0.2) is 35.0 Å². The van der Waals surface area contributed by atoms with Gasteiger partial charge in [-0.3, -0.25) is 4.79 Å². The molecule has 0 aliphatic carbocycles. The van der Waals surface area contributed by atoms with Gasteiger partial charge in [0.1, 0.15) is 5.82 Å². The Morgan fingerprint density at radius 1 is 1.36 bits per heavy atom. The van der Waals surface area contributed by atoms with Crippen LogP contribution in [-0.4, -0.2) is 35.3 Å². The molecule has 1 aromatic rings. The van der Waals surface area contributed by atoms with Crippen molar-refractivity contribution in [2.24, 2.45) is 0 Å². The number of carbonyl (C=O) groups is 1. The minimum Gasteiger partial charge on any atom is -0.335 e. The summed E-state index contributed by atoms with van der Waals surface area (Å²) in [6.07, 6.45) is 7.81. The Hall–Kier alpha value is -1.89. The Kier molecular flexibility index (Phi) is 5.18. The maximum absolute atomic E-state index is 11.7. The lowest BCUT2D eigenvalue weighted by Gasteiger charge is -2.20. The van der Waals surface area contributed by atoms with E-state index < -0.39 is 9.84 Å². The maximum atomic E-state index is 11.7. The average molecular weight is 323 g/mol. The predicted octanol–water partition coefficient (Wildman–Crippen LogP) is 1.86. The van der Waals surface area contributed by atoms with E-state index in [1.165, 1.54) is 17.9 Å². The van der Waals surface area contributed by atoms with E-state index in [9.17, 15) is 13.2 Å². The van der Waals surface area contributed by atoms with E-state index in [4.69, 9.17) is 0 Å². The third-order valence-electron chi connectivity index (χ3n) is 3.55. The fraction of sp³-hybridized carbons (Fsp3) is 0.467. The lowest BCUT2D eigenvalue weighted by atomic mass is 10.2. The highest BCUT2D eigenvalue weighted by molar-refractivity contribution is 7.97. The zero-order chi connectivity index (χ0) is 16.2. The van der Waals surface area contributed by atoms with Gasteiger partial charge in [0.25, 0.3) is 0 Å². The van der Waals surface area contributed by atoms with Gasteiger partial charge in [-0.15, -0.1) is 0 Å². The number of unbranched alkanes of at least 4 members (excludes halogenated alkanes) is 1. The van der Waals surface area contributed by atoms with Crippen molar-refractivity contribution in [3.05, 3.63) is 40.8 Å². The van der Waals surface area contributed by atoms with Crippen molar-refractivity contribution >= 4 is 15.7 Å². The number of carbonyl (C=O) groups excluding carboxylic acids is 1. The summed E-state index contributed by atoms with van der Waals surface area (Å²) in [6.45, 7) is 4.87. The molecule has 1 amide bonds. The molecular weight excluding hydrogens is 302 g/mol. The molecule has 120 valence electrons. The van der Waals surface area contributed by atoms with E-state index in [0.717, 1.165) is 42.4 Å². The fourth-order valence-corrected chi connectivity index (χ4v) is 3.39. The van der Waals surface area contributed by atoms with E-state index in [2.05, 4.69) is 16.5 Å². The smallest absolute Gasteiger partial charge is 0.223 e. The number of sulfone groups is 1. The summed E-state index contributed by atoms with van der Waals surface area (Å²) in [5.74, 6) is 0.904. The maximum Gasteiger partial charge on any atom is 0.223 e. The number of aromatic nitrogens is 2. The van der Waals surface area contributed by atoms with Crippen molar-refractivity contribution in [2.75, 3.05) is 6.54 Å². The summed E-state index contributed by atoms with van der Waals surface area (Å²) in [6, 6.07) is 0. The molecule has 0 saturated carbocycles. The molecule has 7 heteroatoms. The van der Waals surface area contributed by atoms with E-state index in [1.807, 2.05) is 6.20 Å². The molecule has 1 aromatic heterocycles. The summed E-state index contributed by atoms with van der Waals surface area (Å²) in [5.41, 5.74) is 0.448. The van der Waals surface area contributed by atoms with Gasteiger partial charge in [-0.1, -0.05) is 6.92 Å². The van der Waals surface area contributed by atoms with Gasteiger partial charge in [0.05, 0.1) is 11.1 Å². The van der Waals surface area contributed by atoms with Crippen LogP contribution < -0.4 is 0 Å². The molecule has 22 heavy (non-hydrogen) atoms. The summed E-state index contributed by atoms with van der Waals surface area (Å²) in [5, 5.41) is 2.26. The molecule has 0 spiro atoms. The second-order valence-electron chi connectivity index (χ2n) is 5.20. The van der Waals surface area contributed by atoms with Crippen molar-refractivity contribution in [1.29, 1.82) is 0 Å². The normalized spacial score (nSPS) is 15.8. The van der Waals surface area contributed by atoms with Gasteiger partial charge in [0.2, 0.25) is 5.91 Å². The highest BCUT2D eigenvalue weighted by Crippen LogP contribution is 2.18. The number of allylic oxidation sites excluding steroid dienone is 1. The van der Waals surface area contributed by atoms with Crippen LogP contribution in [0.1, 0.15) is 32.5 Å². The Bertz CT molecular complexity index is 701. The van der Waals surface area contributed by atoms with Crippen molar-refractivity contribution in [3.63, 3.8) is 0 Å². The molecule has 1 aliphatic heterocycles. The van der Waals surface area contributed by atoms with Gasteiger partial charge in [0, 0.05) is 44.2 Å². The highest BCUT2D eigenvalue weighted by Gasteiger charge is 2.19. The molecule has 0 bridgehead atoms. The van der Waals surface area contributed by atoms with Gasteiger partial charge in [-0.05, 0) is 18.9 Å². The summed E-state index contributed by atoms with van der Waals surface area (Å²) in [4.78, 5) is 17.5. The first kappa shape index (κ1) is 16.5. The molecule has 0 fully saturated rings. The molecule has 0 aromatic carbocycles. The van der Waals surface area contributed by atoms with Crippen molar-refractivity contribution < 1.29 is 13.2 Å². The van der Waals surface area contributed by atoms with Crippen molar-refractivity contribution in [1.82, 2.24) is 14.5 Å². The van der Waals surface area contributed by atoms with Crippen LogP contribution in [0.3, 0.4) is 0 Å². The van der Waals surface area contributed by atoms with Crippen LogP contribution >= 0.6 is 0 Å². The molecular formula is C15H21N3O3S. The second kappa shape index (κ2) is 6.91. The molecule has 0 atom stereocenters. The predicted molar refractivity (Wildman–Crippen MR) is 84.4 cm³/mol. The molecule has 1 aliphatic rings. The number of hydrogen-bond donors (Lipinski definition) is 0. The topological polar surface area (TPSA) is 72.3 Å². The first-order valence-electron chi connectivity index (χ1n) is 7.36. The van der Waals surface area contributed by atoms with Crippen LogP contribution in [0.5, 0.6) is 0 Å². The first-order valence-corrected chi connectivity index (χ1v) is 8.97. The number of aryl methyl sites for hydroxylation is 2. The van der Waals surface area contributed by atoms with Gasteiger partial charge >= 0.3 is 0 Å². The quantitative estimate of drug-likeness (QED) is 0.718. The van der Waals surface area contributed by atoms with Crippen LogP contribution in [0.25, 0.3) is 0 Å². The SMILES string of the molecule is CCc1nccn1CCCCN(C(C)=O)C1=CS(=O)(=O)C=C1. The van der Waals surface area contributed by atoms with Crippen LogP contribution in [0.2, 0.25) is 0 Å². The monoisotopic (exact) mass is 323 g/mol. The summed E-state index contributed by atoms with van der Waals surface area (Å²) in [7, 11) is -3.30. The Morgan fingerprint density at radius 3 is 2.73 bits per heavy atom. The van der Waals surface area contributed by atoms with Crippen molar-refractivity contribution in [3.8, 4) is 0 Å². The van der Waals surface area contributed by atoms with Gasteiger partial charge in [-0.25, -0.2) is 13.4 Å². The Labute approximate surface area is 131 Å².